The van der Waals surface area contributed by atoms with Gasteiger partial charge in [0.1, 0.15) is 18.6 Å². The van der Waals surface area contributed by atoms with Gasteiger partial charge in [0.05, 0.1) is 31.3 Å². The van der Waals surface area contributed by atoms with Crippen molar-refractivity contribution in [3.05, 3.63) is 41.5 Å². The lowest BCUT2D eigenvalue weighted by Crippen LogP contribution is -2.28. The smallest absolute Gasteiger partial charge is 0.338 e. The molecule has 2 aromatic carbocycles. The monoisotopic (exact) mass is 430 g/mol. The lowest BCUT2D eigenvalue weighted by molar-refractivity contribution is -0.155. The largest absolute Gasteiger partial charge is 0.493 e. The minimum absolute atomic E-state index is 0.0379. The molecule has 4 rings (SSSR count). The maximum atomic E-state index is 12.6. The molecule has 1 aliphatic heterocycles. The number of esters is 2. The van der Waals surface area contributed by atoms with E-state index in [0.717, 1.165) is 0 Å². The Morgan fingerprint density at radius 1 is 1.13 bits per heavy atom. The molecule has 0 radical (unpaired) electrons. The Morgan fingerprint density at radius 3 is 2.61 bits per heavy atom. The van der Waals surface area contributed by atoms with Crippen LogP contribution >= 0.6 is 0 Å². The number of benzene rings is 2. The van der Waals surface area contributed by atoms with E-state index < -0.39 is 25.5 Å². The van der Waals surface area contributed by atoms with Gasteiger partial charge < -0.3 is 23.7 Å². The molecule has 0 aromatic heterocycles. The lowest BCUT2D eigenvalue weighted by Gasteiger charge is -2.21. The molecule has 0 atom stereocenters. The molecule has 0 amide bonds. The summed E-state index contributed by atoms with van der Waals surface area (Å²) in [7, 11) is -3.44. The summed E-state index contributed by atoms with van der Waals surface area (Å²) in [6, 6.07) is 8.20. The normalized spacial score (nSPS) is 17.9. The molecule has 0 unspecified atom stereocenters. The molecule has 0 spiro atoms. The highest BCUT2D eigenvalue weighted by Crippen LogP contribution is 2.50. The predicted molar refractivity (Wildman–Crippen MR) is 112 cm³/mol. The van der Waals surface area contributed by atoms with E-state index in [1.54, 1.807) is 38.1 Å². The highest BCUT2D eigenvalue weighted by molar-refractivity contribution is 5.94. The molecule has 0 N–H and O–H groups in total. The van der Waals surface area contributed by atoms with Gasteiger partial charge in [-0.05, 0) is 56.5 Å². The first kappa shape index (κ1) is 16.5. The van der Waals surface area contributed by atoms with Crippen LogP contribution in [0.4, 0.5) is 0 Å². The van der Waals surface area contributed by atoms with Crippen LogP contribution in [-0.2, 0) is 20.9 Å². The van der Waals surface area contributed by atoms with Gasteiger partial charge in [-0.15, -0.1) is 0 Å². The van der Waals surface area contributed by atoms with E-state index in [1.165, 1.54) is 6.07 Å². The minimum atomic E-state index is -1.75. The highest BCUT2D eigenvalue weighted by Gasteiger charge is 2.53. The van der Waals surface area contributed by atoms with E-state index in [4.69, 9.17) is 29.2 Å². The van der Waals surface area contributed by atoms with Crippen LogP contribution in [0.2, 0.25) is 0 Å². The number of methoxy groups -OCH3 is 2. The number of ether oxygens (including phenoxy) is 5. The first-order valence-corrected chi connectivity index (χ1v) is 9.93. The summed E-state index contributed by atoms with van der Waals surface area (Å²) >= 11 is 0. The van der Waals surface area contributed by atoms with Crippen molar-refractivity contribution < 1.29 is 38.8 Å². The molecule has 2 aliphatic rings. The van der Waals surface area contributed by atoms with Crippen molar-refractivity contribution >= 4 is 11.9 Å². The quantitative estimate of drug-likeness (QED) is 0.582. The Morgan fingerprint density at radius 2 is 1.90 bits per heavy atom. The minimum Gasteiger partial charge on any atom is -0.493 e. The zero-order valence-electron chi connectivity index (χ0n) is 21.3. The first-order chi connectivity index (χ1) is 16.6. The lowest BCUT2D eigenvalue weighted by atomic mass is 9.99. The number of carbonyl (C=O) groups is 2. The number of carbonyl (C=O) groups excluding carboxylic acids is 2. The number of rotatable bonds is 8. The Bertz CT molecular complexity index is 1130. The van der Waals surface area contributed by atoms with Gasteiger partial charge in [0, 0.05) is 11.1 Å². The van der Waals surface area contributed by atoms with Crippen molar-refractivity contribution in [2.24, 2.45) is 5.41 Å². The van der Waals surface area contributed by atoms with Gasteiger partial charge in [0.2, 0.25) is 5.75 Å². The van der Waals surface area contributed by atoms with Crippen LogP contribution in [0.25, 0.3) is 11.1 Å². The zero-order valence-corrected chi connectivity index (χ0v) is 17.3. The molecule has 1 aliphatic carbocycles. The van der Waals surface area contributed by atoms with Gasteiger partial charge in [-0.2, -0.15) is 0 Å². The van der Waals surface area contributed by atoms with Crippen LogP contribution in [0.15, 0.2) is 30.3 Å². The first-order valence-electron chi connectivity index (χ1n) is 12.2. The van der Waals surface area contributed by atoms with E-state index >= 15 is 0 Å². The summed E-state index contributed by atoms with van der Waals surface area (Å²) in [5.74, 6) is -0.839. The van der Waals surface area contributed by atoms with Crippen molar-refractivity contribution in [1.29, 1.82) is 0 Å². The molecule has 0 bridgehead atoms. The Balaban J connectivity index is 1.76. The molecule has 1 fully saturated rings. The molecule has 164 valence electrons. The second-order valence-electron chi connectivity index (χ2n) is 7.98. The van der Waals surface area contributed by atoms with Gasteiger partial charge in [-0.25, -0.2) is 4.79 Å². The predicted octanol–water partition coefficient (Wildman–Crippen LogP) is 4.15. The standard InChI is InChI=1S/C24H26O7/c1-14(2)31-23(26)24(9-10-24)13-30-20-17(7-8-19(27-3)21(20)28-4)15-5-6-18-16(11-15)12-29-22(18)25/h5-8,11,14H,9-10,12-13H2,1-4H3/i3D2,4D2. The molecule has 2 aromatic rings. The molecule has 7 heteroatoms. The van der Waals surface area contributed by atoms with Gasteiger partial charge in [0.15, 0.2) is 11.5 Å². The number of cyclic esters (lactones) is 1. The molecule has 0 saturated heterocycles. The maximum Gasteiger partial charge on any atom is 0.338 e. The SMILES string of the molecule is [2H]C([2H])Oc1ccc(-c2ccc3c(c2)COC3=O)c(OCC2(C(=O)OC(C)C)CC2)c1OC([2H])[2H]. The molecule has 1 saturated carbocycles. The van der Waals surface area contributed by atoms with Crippen LogP contribution in [0.3, 0.4) is 0 Å². The average Bonchev–Trinajstić information content (AvgIpc) is 3.49. The van der Waals surface area contributed by atoms with Crippen molar-refractivity contribution in [3.63, 3.8) is 0 Å². The maximum absolute atomic E-state index is 12.6. The summed E-state index contributed by atoms with van der Waals surface area (Å²) in [6.45, 7) is 3.63. The van der Waals surface area contributed by atoms with Crippen molar-refractivity contribution in [1.82, 2.24) is 0 Å². The molecule has 1 heterocycles. The van der Waals surface area contributed by atoms with E-state index in [-0.39, 0.29) is 42.5 Å². The molecule has 7 nitrogen and oxygen atoms in total. The molecule has 31 heavy (non-hydrogen) atoms. The highest BCUT2D eigenvalue weighted by atomic mass is 16.6. The van der Waals surface area contributed by atoms with E-state index in [2.05, 4.69) is 0 Å². The van der Waals surface area contributed by atoms with Gasteiger partial charge in [0.25, 0.3) is 0 Å². The summed E-state index contributed by atoms with van der Waals surface area (Å²) in [5, 5.41) is 0. The summed E-state index contributed by atoms with van der Waals surface area (Å²) in [5.41, 5.74) is 1.47. The molecular formula is C24H26O7. The Labute approximate surface area is 186 Å². The van der Waals surface area contributed by atoms with Crippen LogP contribution in [-0.4, -0.2) is 38.8 Å². The number of hydrogen-bond acceptors (Lipinski definition) is 7. The third-order valence-electron chi connectivity index (χ3n) is 5.44. The Hall–Kier alpha value is -3.22. The topological polar surface area (TPSA) is 80.3 Å². The second kappa shape index (κ2) is 8.13. The van der Waals surface area contributed by atoms with Gasteiger partial charge >= 0.3 is 11.9 Å². The molecular weight excluding hydrogens is 400 g/mol. The Kier molecular flexibility index (Phi) is 4.32. The fraction of sp³-hybridized carbons (Fsp3) is 0.417. The summed E-state index contributed by atoms with van der Waals surface area (Å²) < 4.78 is 57.3. The van der Waals surface area contributed by atoms with Gasteiger partial charge in [-0.1, -0.05) is 6.07 Å². The summed E-state index contributed by atoms with van der Waals surface area (Å²) in [4.78, 5) is 24.5. The van der Waals surface area contributed by atoms with Crippen molar-refractivity contribution in [2.75, 3.05) is 20.7 Å². The fourth-order valence-electron chi connectivity index (χ4n) is 3.53. The average molecular weight is 430 g/mol. The van der Waals surface area contributed by atoms with E-state index in [9.17, 15) is 9.59 Å². The third kappa shape index (κ3) is 3.92. The number of hydrogen-bond donors (Lipinski definition) is 0. The van der Waals surface area contributed by atoms with E-state index in [0.29, 0.717) is 35.1 Å². The van der Waals surface area contributed by atoms with Crippen LogP contribution in [0.5, 0.6) is 17.2 Å². The van der Waals surface area contributed by atoms with Crippen LogP contribution in [0.1, 0.15) is 48.1 Å². The van der Waals surface area contributed by atoms with Crippen molar-refractivity contribution in [2.45, 2.75) is 39.4 Å². The second-order valence-corrected chi connectivity index (χ2v) is 7.98. The van der Waals surface area contributed by atoms with Gasteiger partial charge in [-0.3, -0.25) is 4.79 Å². The fourth-order valence-corrected chi connectivity index (χ4v) is 3.53. The number of fused-ring (bicyclic) bond motifs is 1. The van der Waals surface area contributed by atoms with Crippen molar-refractivity contribution in [3.8, 4) is 28.4 Å². The van der Waals surface area contributed by atoms with Crippen LogP contribution in [0, 0.1) is 5.41 Å². The van der Waals surface area contributed by atoms with E-state index in [1.807, 2.05) is 0 Å². The third-order valence-corrected chi connectivity index (χ3v) is 5.44. The summed E-state index contributed by atoms with van der Waals surface area (Å²) in [6.07, 6.45) is 0.889. The zero-order chi connectivity index (χ0) is 25.3. The van der Waals surface area contributed by atoms with Crippen LogP contribution < -0.4 is 14.2 Å².